The number of hydrogen-bond donors (Lipinski definition) is 1. The summed E-state index contributed by atoms with van der Waals surface area (Å²) in [6.07, 6.45) is 1.17. The minimum absolute atomic E-state index is 0.0262. The molecule has 7 heteroatoms. The summed E-state index contributed by atoms with van der Waals surface area (Å²) in [4.78, 5) is 26.7. The minimum atomic E-state index is -0.524. The Hall–Kier alpha value is -1.92. The Balaban J connectivity index is 1.55. The van der Waals surface area contributed by atoms with Gasteiger partial charge in [-0.15, -0.1) is 0 Å². The van der Waals surface area contributed by atoms with Gasteiger partial charge in [-0.1, -0.05) is 27.5 Å². The van der Waals surface area contributed by atoms with E-state index in [0.29, 0.717) is 37.2 Å². The molecular weight excluding hydrogens is 423 g/mol. The normalized spacial score (nSPS) is 15.0. The summed E-state index contributed by atoms with van der Waals surface area (Å²) in [7, 11) is 0. The molecule has 0 spiro atoms. The van der Waals surface area contributed by atoms with E-state index < -0.39 is 5.82 Å². The summed E-state index contributed by atoms with van der Waals surface area (Å²) in [5, 5.41) is 2.73. The van der Waals surface area contributed by atoms with Gasteiger partial charge in [0.1, 0.15) is 5.82 Å². The second-order valence-corrected chi connectivity index (χ2v) is 7.51. The van der Waals surface area contributed by atoms with E-state index in [1.54, 1.807) is 17.0 Å². The van der Waals surface area contributed by atoms with E-state index in [9.17, 15) is 14.0 Å². The highest BCUT2D eigenvalue weighted by atomic mass is 79.9. The lowest BCUT2D eigenvalue weighted by atomic mass is 9.95. The Labute approximate surface area is 164 Å². The van der Waals surface area contributed by atoms with Crippen LogP contribution in [0.25, 0.3) is 0 Å². The summed E-state index contributed by atoms with van der Waals surface area (Å²) in [5.74, 6) is -0.873. The van der Waals surface area contributed by atoms with Gasteiger partial charge in [-0.05, 0) is 55.3 Å². The van der Waals surface area contributed by atoms with Crippen LogP contribution < -0.4 is 5.32 Å². The zero-order valence-corrected chi connectivity index (χ0v) is 16.2. The molecule has 1 heterocycles. The molecule has 2 aromatic rings. The highest BCUT2D eigenvalue weighted by molar-refractivity contribution is 9.10. The Kier molecular flexibility index (Phi) is 5.94. The van der Waals surface area contributed by atoms with Crippen LogP contribution in [-0.4, -0.2) is 29.8 Å². The summed E-state index contributed by atoms with van der Waals surface area (Å²) in [6, 6.07) is 11.3. The first-order valence-corrected chi connectivity index (χ1v) is 9.42. The van der Waals surface area contributed by atoms with Crippen LogP contribution in [0.15, 0.2) is 46.9 Å². The molecule has 0 aliphatic carbocycles. The molecule has 1 aliphatic heterocycles. The van der Waals surface area contributed by atoms with Crippen molar-refractivity contribution < 1.29 is 14.0 Å². The van der Waals surface area contributed by atoms with E-state index in [1.807, 2.05) is 12.1 Å². The van der Waals surface area contributed by atoms with Crippen molar-refractivity contribution in [1.29, 1.82) is 0 Å². The zero-order chi connectivity index (χ0) is 18.7. The molecule has 1 saturated heterocycles. The van der Waals surface area contributed by atoms with Crippen molar-refractivity contribution in [3.8, 4) is 0 Å². The minimum Gasteiger partial charge on any atom is -0.339 e. The van der Waals surface area contributed by atoms with Gasteiger partial charge in [0, 0.05) is 34.7 Å². The fourth-order valence-electron chi connectivity index (χ4n) is 2.94. The van der Waals surface area contributed by atoms with Gasteiger partial charge in [-0.2, -0.15) is 0 Å². The SMILES string of the molecule is O=C(Nc1ccc(F)c(Cl)c1)C1CCN(C(=O)c2ccc(Br)cc2)CC1. The third kappa shape index (κ3) is 4.43. The Morgan fingerprint density at radius 2 is 1.77 bits per heavy atom. The summed E-state index contributed by atoms with van der Waals surface area (Å²) >= 11 is 9.08. The highest BCUT2D eigenvalue weighted by Crippen LogP contribution is 2.23. The summed E-state index contributed by atoms with van der Waals surface area (Å²) in [5.41, 5.74) is 1.10. The van der Waals surface area contributed by atoms with Gasteiger partial charge in [0.25, 0.3) is 5.91 Å². The first-order chi connectivity index (χ1) is 12.4. The topological polar surface area (TPSA) is 49.4 Å². The zero-order valence-electron chi connectivity index (χ0n) is 13.8. The van der Waals surface area contributed by atoms with Gasteiger partial charge < -0.3 is 10.2 Å². The standard InChI is InChI=1S/C19H17BrClFN2O2/c20-14-3-1-13(2-4-14)19(26)24-9-7-12(8-10-24)18(25)23-15-5-6-17(22)16(21)11-15/h1-6,11-12H,7-10H2,(H,23,25). The molecule has 26 heavy (non-hydrogen) atoms. The lowest BCUT2D eigenvalue weighted by Crippen LogP contribution is -2.41. The molecule has 2 aromatic carbocycles. The Morgan fingerprint density at radius 1 is 1.12 bits per heavy atom. The van der Waals surface area contributed by atoms with Crippen LogP contribution in [0, 0.1) is 11.7 Å². The second-order valence-electron chi connectivity index (χ2n) is 6.19. The lowest BCUT2D eigenvalue weighted by Gasteiger charge is -2.31. The van der Waals surface area contributed by atoms with Gasteiger partial charge >= 0.3 is 0 Å². The summed E-state index contributed by atoms with van der Waals surface area (Å²) in [6.45, 7) is 1.05. The molecule has 0 bridgehead atoms. The van der Waals surface area contributed by atoms with Gasteiger partial charge in [-0.3, -0.25) is 9.59 Å². The fraction of sp³-hybridized carbons (Fsp3) is 0.263. The number of carbonyl (C=O) groups excluding carboxylic acids is 2. The third-order valence-corrected chi connectivity index (χ3v) is 5.25. The molecule has 0 unspecified atom stereocenters. The maximum absolute atomic E-state index is 13.2. The van der Waals surface area contributed by atoms with E-state index in [2.05, 4.69) is 21.2 Å². The van der Waals surface area contributed by atoms with Gasteiger partial charge in [0.15, 0.2) is 0 Å². The molecule has 0 aromatic heterocycles. The number of nitrogens with zero attached hydrogens (tertiary/aromatic N) is 1. The van der Waals surface area contributed by atoms with Crippen molar-refractivity contribution in [2.75, 3.05) is 18.4 Å². The Morgan fingerprint density at radius 3 is 2.38 bits per heavy atom. The van der Waals surface area contributed by atoms with E-state index in [0.717, 1.165) is 4.47 Å². The molecule has 0 saturated carbocycles. The van der Waals surface area contributed by atoms with E-state index in [-0.39, 0.29) is 22.8 Å². The molecule has 136 valence electrons. The molecule has 2 amide bonds. The number of halogens is 3. The number of nitrogens with one attached hydrogen (secondary N) is 1. The van der Waals surface area contributed by atoms with Gasteiger partial charge in [0.05, 0.1) is 5.02 Å². The van der Waals surface area contributed by atoms with E-state index in [1.165, 1.54) is 18.2 Å². The van der Waals surface area contributed by atoms with Crippen LogP contribution in [-0.2, 0) is 4.79 Å². The quantitative estimate of drug-likeness (QED) is 0.751. The molecule has 4 nitrogen and oxygen atoms in total. The molecule has 1 aliphatic rings. The number of likely N-dealkylation sites (tertiary alicyclic amines) is 1. The van der Waals surface area contributed by atoms with Crippen molar-refractivity contribution in [2.45, 2.75) is 12.8 Å². The largest absolute Gasteiger partial charge is 0.339 e. The average Bonchev–Trinajstić information content (AvgIpc) is 2.65. The average molecular weight is 440 g/mol. The first kappa shape index (κ1) is 18.9. The number of piperidine rings is 1. The maximum atomic E-state index is 13.2. The van der Waals surface area contributed by atoms with Crippen molar-refractivity contribution in [1.82, 2.24) is 4.90 Å². The lowest BCUT2D eigenvalue weighted by molar-refractivity contribution is -0.121. The van der Waals surface area contributed by atoms with Gasteiger partial charge in [-0.25, -0.2) is 4.39 Å². The molecule has 1 N–H and O–H groups in total. The van der Waals surface area contributed by atoms with Crippen molar-refractivity contribution in [2.24, 2.45) is 5.92 Å². The number of rotatable bonds is 3. The molecule has 0 radical (unpaired) electrons. The van der Waals surface area contributed by atoms with Crippen LogP contribution in [0.2, 0.25) is 5.02 Å². The van der Waals surface area contributed by atoms with E-state index >= 15 is 0 Å². The van der Waals surface area contributed by atoms with Crippen LogP contribution in [0.1, 0.15) is 23.2 Å². The first-order valence-electron chi connectivity index (χ1n) is 8.25. The number of benzene rings is 2. The van der Waals surface area contributed by atoms with Crippen LogP contribution in [0.5, 0.6) is 0 Å². The van der Waals surface area contributed by atoms with Crippen LogP contribution in [0.4, 0.5) is 10.1 Å². The fourth-order valence-corrected chi connectivity index (χ4v) is 3.38. The number of carbonyl (C=O) groups is 2. The van der Waals surface area contributed by atoms with Crippen LogP contribution >= 0.6 is 27.5 Å². The van der Waals surface area contributed by atoms with Crippen molar-refractivity contribution in [3.05, 3.63) is 63.3 Å². The van der Waals surface area contributed by atoms with Crippen molar-refractivity contribution in [3.63, 3.8) is 0 Å². The molecule has 1 fully saturated rings. The highest BCUT2D eigenvalue weighted by Gasteiger charge is 2.28. The van der Waals surface area contributed by atoms with E-state index in [4.69, 9.17) is 11.6 Å². The van der Waals surface area contributed by atoms with Gasteiger partial charge in [0.2, 0.25) is 5.91 Å². The van der Waals surface area contributed by atoms with Crippen LogP contribution in [0.3, 0.4) is 0 Å². The number of amides is 2. The number of anilines is 1. The second kappa shape index (κ2) is 8.18. The smallest absolute Gasteiger partial charge is 0.253 e. The van der Waals surface area contributed by atoms with Crippen molar-refractivity contribution >= 4 is 45.0 Å². The predicted octanol–water partition coefficient (Wildman–Crippen LogP) is 4.73. The summed E-state index contributed by atoms with van der Waals surface area (Å²) < 4.78 is 14.1. The third-order valence-electron chi connectivity index (χ3n) is 4.43. The molecule has 0 atom stereocenters. The monoisotopic (exact) mass is 438 g/mol. The predicted molar refractivity (Wildman–Crippen MR) is 103 cm³/mol. The Bertz CT molecular complexity index is 821. The molecule has 3 rings (SSSR count). The maximum Gasteiger partial charge on any atom is 0.253 e. The molecular formula is C19H17BrClFN2O2. The number of hydrogen-bond acceptors (Lipinski definition) is 2.